The summed E-state index contributed by atoms with van der Waals surface area (Å²) in [4.78, 5) is 25.2. The highest BCUT2D eigenvalue weighted by atomic mass is 16.4. The first-order valence-electron chi connectivity index (χ1n) is 6.41. The molecule has 1 aliphatic carbocycles. The number of aliphatic carboxylic acids is 1. The molecule has 0 aromatic rings. The number of carboxylic acids is 1. The summed E-state index contributed by atoms with van der Waals surface area (Å²) < 4.78 is 0. The number of likely N-dealkylation sites (tertiary alicyclic amines) is 1. The Morgan fingerprint density at radius 2 is 2.00 bits per heavy atom. The van der Waals surface area contributed by atoms with Crippen LogP contribution < -0.4 is 0 Å². The van der Waals surface area contributed by atoms with Gasteiger partial charge < -0.3 is 10.0 Å². The largest absolute Gasteiger partial charge is 0.481 e. The van der Waals surface area contributed by atoms with Gasteiger partial charge in [-0.05, 0) is 17.8 Å². The lowest BCUT2D eigenvalue weighted by Crippen LogP contribution is -2.31. The first kappa shape index (κ1) is 12.4. The number of hydrogen-bond donors (Lipinski definition) is 1. The van der Waals surface area contributed by atoms with Crippen molar-refractivity contribution in [1.82, 2.24) is 4.90 Å². The second-order valence-electron chi connectivity index (χ2n) is 5.96. The van der Waals surface area contributed by atoms with E-state index in [0.29, 0.717) is 5.92 Å². The maximum Gasteiger partial charge on any atom is 0.307 e. The van der Waals surface area contributed by atoms with Crippen LogP contribution in [0, 0.1) is 23.2 Å². The summed E-state index contributed by atoms with van der Waals surface area (Å²) in [6.45, 7) is 7.51. The maximum atomic E-state index is 12.3. The van der Waals surface area contributed by atoms with E-state index in [0.717, 1.165) is 25.9 Å². The number of nitrogens with zero attached hydrogens (tertiary/aromatic N) is 1. The number of carboxylic acid groups (broad SMARTS) is 1. The summed E-state index contributed by atoms with van der Waals surface area (Å²) >= 11 is 0. The molecule has 3 atom stereocenters. The third-order valence-electron chi connectivity index (χ3n) is 4.53. The molecule has 17 heavy (non-hydrogen) atoms. The summed E-state index contributed by atoms with van der Waals surface area (Å²) in [6, 6.07) is 0. The zero-order valence-corrected chi connectivity index (χ0v) is 10.8. The third-order valence-corrected chi connectivity index (χ3v) is 4.53. The van der Waals surface area contributed by atoms with E-state index in [1.807, 2.05) is 18.7 Å². The van der Waals surface area contributed by atoms with Gasteiger partial charge in [0.25, 0.3) is 0 Å². The lowest BCUT2D eigenvalue weighted by Gasteiger charge is -2.17. The molecule has 4 heteroatoms. The third kappa shape index (κ3) is 1.94. The van der Waals surface area contributed by atoms with E-state index in [-0.39, 0.29) is 17.2 Å². The van der Waals surface area contributed by atoms with Gasteiger partial charge in [-0.15, -0.1) is 0 Å². The van der Waals surface area contributed by atoms with E-state index < -0.39 is 11.9 Å². The first-order chi connectivity index (χ1) is 7.89. The van der Waals surface area contributed by atoms with Gasteiger partial charge in [-0.25, -0.2) is 0 Å². The second-order valence-corrected chi connectivity index (χ2v) is 5.96. The van der Waals surface area contributed by atoms with Crippen LogP contribution in [-0.4, -0.2) is 35.0 Å². The number of amides is 1. The van der Waals surface area contributed by atoms with Crippen LogP contribution in [0.5, 0.6) is 0 Å². The van der Waals surface area contributed by atoms with Crippen LogP contribution >= 0.6 is 0 Å². The minimum absolute atomic E-state index is 0.0540. The summed E-state index contributed by atoms with van der Waals surface area (Å²) in [5.74, 6) is -0.978. The standard InChI is InChI=1S/C13H21NO3/c1-4-8-5-6-14(7-8)11(15)9-10(12(16)17)13(9,2)3/h8-10H,4-7H2,1-3H3,(H,16,17)/t8?,9-,10+/m1/s1. The van der Waals surface area contributed by atoms with Crippen molar-refractivity contribution in [3.8, 4) is 0 Å². The molecule has 96 valence electrons. The molecule has 0 aromatic heterocycles. The van der Waals surface area contributed by atoms with Crippen molar-refractivity contribution in [3.63, 3.8) is 0 Å². The van der Waals surface area contributed by atoms with Crippen molar-refractivity contribution in [2.24, 2.45) is 23.2 Å². The molecule has 1 N–H and O–H groups in total. The Bertz CT molecular complexity index is 351. The van der Waals surface area contributed by atoms with Crippen molar-refractivity contribution < 1.29 is 14.7 Å². The summed E-state index contributed by atoms with van der Waals surface area (Å²) in [5, 5.41) is 9.08. The zero-order valence-electron chi connectivity index (χ0n) is 10.8. The number of carbonyl (C=O) groups is 2. The first-order valence-corrected chi connectivity index (χ1v) is 6.41. The molecule has 0 aromatic carbocycles. The van der Waals surface area contributed by atoms with E-state index >= 15 is 0 Å². The Labute approximate surface area is 102 Å². The van der Waals surface area contributed by atoms with Gasteiger partial charge in [0.15, 0.2) is 0 Å². The van der Waals surface area contributed by atoms with Crippen LogP contribution in [-0.2, 0) is 9.59 Å². The minimum Gasteiger partial charge on any atom is -0.481 e. The van der Waals surface area contributed by atoms with Gasteiger partial charge in [-0.1, -0.05) is 27.2 Å². The number of hydrogen-bond acceptors (Lipinski definition) is 2. The summed E-state index contributed by atoms with van der Waals surface area (Å²) in [6.07, 6.45) is 2.16. The smallest absolute Gasteiger partial charge is 0.307 e. The van der Waals surface area contributed by atoms with E-state index in [1.165, 1.54) is 0 Å². The molecule has 1 saturated heterocycles. The van der Waals surface area contributed by atoms with Crippen molar-refractivity contribution in [3.05, 3.63) is 0 Å². The number of rotatable bonds is 3. The van der Waals surface area contributed by atoms with Gasteiger partial charge in [0, 0.05) is 13.1 Å². The zero-order chi connectivity index (χ0) is 12.8. The Balaban J connectivity index is 2.01. The maximum absolute atomic E-state index is 12.3. The predicted molar refractivity (Wildman–Crippen MR) is 63.4 cm³/mol. The molecule has 2 fully saturated rings. The lowest BCUT2D eigenvalue weighted by molar-refractivity contribution is -0.141. The summed E-state index contributed by atoms with van der Waals surface area (Å²) in [7, 11) is 0. The molecule has 1 aliphatic heterocycles. The quantitative estimate of drug-likeness (QED) is 0.814. The molecule has 0 bridgehead atoms. The Hall–Kier alpha value is -1.06. The van der Waals surface area contributed by atoms with Crippen LogP contribution in [0.2, 0.25) is 0 Å². The molecule has 2 aliphatic rings. The summed E-state index contributed by atoms with van der Waals surface area (Å²) in [5.41, 5.74) is -0.368. The normalized spacial score (nSPS) is 34.8. The van der Waals surface area contributed by atoms with E-state index in [1.54, 1.807) is 0 Å². The van der Waals surface area contributed by atoms with Gasteiger partial charge in [0.1, 0.15) is 0 Å². The van der Waals surface area contributed by atoms with Gasteiger partial charge in [-0.2, -0.15) is 0 Å². The van der Waals surface area contributed by atoms with Crippen molar-refractivity contribution in [2.45, 2.75) is 33.6 Å². The molecule has 1 unspecified atom stereocenters. The predicted octanol–water partition coefficient (Wildman–Crippen LogP) is 1.60. The molecule has 1 saturated carbocycles. The van der Waals surface area contributed by atoms with E-state index in [2.05, 4.69) is 6.92 Å². The van der Waals surface area contributed by atoms with Gasteiger partial charge in [-0.3, -0.25) is 9.59 Å². The fourth-order valence-electron chi connectivity index (χ4n) is 3.12. The SMILES string of the molecule is CCC1CCN(C(=O)[C@H]2[C@@H](C(=O)O)C2(C)C)C1. The fourth-order valence-corrected chi connectivity index (χ4v) is 3.12. The average Bonchev–Trinajstić information content (AvgIpc) is 2.63. The molecule has 0 spiro atoms. The average molecular weight is 239 g/mol. The highest BCUT2D eigenvalue weighted by Crippen LogP contribution is 2.59. The topological polar surface area (TPSA) is 57.6 Å². The Morgan fingerprint density at radius 1 is 1.35 bits per heavy atom. The van der Waals surface area contributed by atoms with Gasteiger partial charge in [0.2, 0.25) is 5.91 Å². The van der Waals surface area contributed by atoms with E-state index in [4.69, 9.17) is 5.11 Å². The highest BCUT2D eigenvalue weighted by molar-refractivity contribution is 5.91. The molecular weight excluding hydrogens is 218 g/mol. The monoisotopic (exact) mass is 239 g/mol. The van der Waals surface area contributed by atoms with Crippen LogP contribution in [0.1, 0.15) is 33.6 Å². The Kier molecular flexibility index (Phi) is 2.92. The molecular formula is C13H21NO3. The molecule has 4 nitrogen and oxygen atoms in total. The van der Waals surface area contributed by atoms with Crippen molar-refractivity contribution in [2.75, 3.05) is 13.1 Å². The molecule has 2 rings (SSSR count). The Morgan fingerprint density at radius 3 is 2.41 bits per heavy atom. The lowest BCUT2D eigenvalue weighted by atomic mass is 10.1. The molecule has 1 heterocycles. The number of carbonyl (C=O) groups excluding carboxylic acids is 1. The van der Waals surface area contributed by atoms with Crippen LogP contribution in [0.4, 0.5) is 0 Å². The van der Waals surface area contributed by atoms with Crippen molar-refractivity contribution >= 4 is 11.9 Å². The fraction of sp³-hybridized carbons (Fsp3) is 0.846. The van der Waals surface area contributed by atoms with Gasteiger partial charge in [0.05, 0.1) is 11.8 Å². The second kappa shape index (κ2) is 4.00. The van der Waals surface area contributed by atoms with Gasteiger partial charge >= 0.3 is 5.97 Å². The van der Waals surface area contributed by atoms with E-state index in [9.17, 15) is 9.59 Å². The van der Waals surface area contributed by atoms with Crippen molar-refractivity contribution in [1.29, 1.82) is 0 Å². The highest BCUT2D eigenvalue weighted by Gasteiger charge is 2.66. The molecule has 1 amide bonds. The molecule has 0 radical (unpaired) electrons. The van der Waals surface area contributed by atoms with Crippen LogP contribution in [0.25, 0.3) is 0 Å². The van der Waals surface area contributed by atoms with Crippen LogP contribution in [0.3, 0.4) is 0 Å². The minimum atomic E-state index is -0.834. The van der Waals surface area contributed by atoms with Crippen LogP contribution in [0.15, 0.2) is 0 Å².